The van der Waals surface area contributed by atoms with Gasteiger partial charge >= 0.3 is 0 Å². The van der Waals surface area contributed by atoms with E-state index >= 15 is 0 Å². The molecule has 0 aliphatic carbocycles. The Morgan fingerprint density at radius 3 is 2.50 bits per heavy atom. The summed E-state index contributed by atoms with van der Waals surface area (Å²) in [6.07, 6.45) is 4.55. The fraction of sp³-hybridized carbons (Fsp3) is 0.360. The fourth-order valence-electron chi connectivity index (χ4n) is 4.06. The summed E-state index contributed by atoms with van der Waals surface area (Å²) in [5, 5.41) is 5.54. The third-order valence-electron chi connectivity index (χ3n) is 5.79. The Balaban J connectivity index is 1.64. The minimum Gasteiger partial charge on any atom is -0.331 e. The van der Waals surface area contributed by atoms with Gasteiger partial charge in [-0.25, -0.2) is 0 Å². The monoisotopic (exact) mass is 421 g/mol. The molecule has 4 nitrogen and oxygen atoms in total. The molecule has 0 fully saturated rings. The predicted octanol–water partition coefficient (Wildman–Crippen LogP) is 6.29. The van der Waals surface area contributed by atoms with Gasteiger partial charge in [0.05, 0.1) is 11.7 Å². The van der Waals surface area contributed by atoms with Crippen LogP contribution in [0.2, 0.25) is 5.02 Å². The molecule has 5 heteroatoms. The Morgan fingerprint density at radius 1 is 1.07 bits per heavy atom. The van der Waals surface area contributed by atoms with Gasteiger partial charge in [-0.15, -0.1) is 0 Å². The molecule has 0 radical (unpaired) electrons. The predicted molar refractivity (Wildman–Crippen MR) is 122 cm³/mol. The van der Waals surface area contributed by atoms with Gasteiger partial charge in [0.1, 0.15) is 5.69 Å². The van der Waals surface area contributed by atoms with E-state index in [1.807, 2.05) is 39.9 Å². The number of rotatable bonds is 7. The van der Waals surface area contributed by atoms with Crippen LogP contribution in [0.5, 0.6) is 0 Å². The van der Waals surface area contributed by atoms with Crippen molar-refractivity contribution < 1.29 is 4.79 Å². The highest BCUT2D eigenvalue weighted by molar-refractivity contribution is 6.30. The Morgan fingerprint density at radius 2 is 1.80 bits per heavy atom. The zero-order valence-electron chi connectivity index (χ0n) is 17.6. The first-order valence-electron chi connectivity index (χ1n) is 10.8. The zero-order chi connectivity index (χ0) is 21.1. The Kier molecular flexibility index (Phi) is 6.24. The highest BCUT2D eigenvalue weighted by Gasteiger charge is 2.32. The molecule has 1 amide bonds. The van der Waals surface area contributed by atoms with Gasteiger partial charge in [-0.3, -0.25) is 9.48 Å². The van der Waals surface area contributed by atoms with Crippen molar-refractivity contribution in [2.75, 3.05) is 6.54 Å². The summed E-state index contributed by atoms with van der Waals surface area (Å²) in [5.41, 5.74) is 4.87. The quantitative estimate of drug-likeness (QED) is 0.420. The van der Waals surface area contributed by atoms with E-state index in [9.17, 15) is 4.79 Å². The van der Waals surface area contributed by atoms with E-state index < -0.39 is 0 Å². The van der Waals surface area contributed by atoms with Crippen molar-refractivity contribution >= 4 is 17.5 Å². The second-order valence-corrected chi connectivity index (χ2v) is 8.62. The summed E-state index contributed by atoms with van der Waals surface area (Å²) in [5.74, 6) is 0.0510. The van der Waals surface area contributed by atoms with Crippen LogP contribution in [0.3, 0.4) is 0 Å². The van der Waals surface area contributed by atoms with Crippen molar-refractivity contribution in [3.63, 3.8) is 0 Å². The topological polar surface area (TPSA) is 38.1 Å². The number of hydrogen-bond acceptors (Lipinski definition) is 2. The SMILES string of the molecule is CCCCCC1CN(Cc2ccc(C)cc2)C(=O)c2cc(-c3ccc(Cl)cc3)nn21. The molecule has 1 aliphatic rings. The second kappa shape index (κ2) is 9.05. The summed E-state index contributed by atoms with van der Waals surface area (Å²) in [6.45, 7) is 5.62. The molecule has 1 unspecified atom stereocenters. The van der Waals surface area contributed by atoms with Crippen LogP contribution in [-0.2, 0) is 6.54 Å². The molecule has 2 aromatic carbocycles. The summed E-state index contributed by atoms with van der Waals surface area (Å²) in [6, 6.07) is 18.2. The molecule has 1 aliphatic heterocycles. The van der Waals surface area contributed by atoms with E-state index in [4.69, 9.17) is 16.7 Å². The average molecular weight is 422 g/mol. The lowest BCUT2D eigenvalue weighted by atomic mass is 10.0. The third-order valence-corrected chi connectivity index (χ3v) is 6.05. The summed E-state index contributed by atoms with van der Waals surface area (Å²) < 4.78 is 1.97. The van der Waals surface area contributed by atoms with Crippen LogP contribution in [0.1, 0.15) is 60.3 Å². The molecule has 156 valence electrons. The first kappa shape index (κ1) is 20.7. The van der Waals surface area contributed by atoms with Gasteiger partial charge in [-0.05, 0) is 37.1 Å². The largest absolute Gasteiger partial charge is 0.331 e. The molecule has 3 aromatic rings. The first-order chi connectivity index (χ1) is 14.5. The van der Waals surface area contributed by atoms with Crippen LogP contribution in [0.15, 0.2) is 54.6 Å². The van der Waals surface area contributed by atoms with Gasteiger partial charge in [0.15, 0.2) is 0 Å². The number of halogens is 1. The van der Waals surface area contributed by atoms with E-state index in [1.165, 1.54) is 18.4 Å². The number of nitrogens with zero attached hydrogens (tertiary/aromatic N) is 3. The number of aryl methyl sites for hydroxylation is 1. The number of aromatic nitrogens is 2. The maximum Gasteiger partial charge on any atom is 0.272 e. The van der Waals surface area contributed by atoms with Crippen molar-refractivity contribution in [1.29, 1.82) is 0 Å². The number of benzene rings is 2. The van der Waals surface area contributed by atoms with Gasteiger partial charge in [-0.1, -0.05) is 79.7 Å². The smallest absolute Gasteiger partial charge is 0.272 e. The molecular weight excluding hydrogens is 394 g/mol. The van der Waals surface area contributed by atoms with E-state index in [-0.39, 0.29) is 11.9 Å². The second-order valence-electron chi connectivity index (χ2n) is 8.19. The van der Waals surface area contributed by atoms with Crippen LogP contribution in [-0.4, -0.2) is 27.1 Å². The third kappa shape index (κ3) is 4.44. The molecule has 0 N–H and O–H groups in total. The Labute approximate surface area is 183 Å². The average Bonchev–Trinajstić information content (AvgIpc) is 3.19. The van der Waals surface area contributed by atoms with Gasteiger partial charge in [-0.2, -0.15) is 5.10 Å². The van der Waals surface area contributed by atoms with Crippen LogP contribution in [0.4, 0.5) is 0 Å². The maximum atomic E-state index is 13.3. The number of carbonyl (C=O) groups is 1. The lowest BCUT2D eigenvalue weighted by Gasteiger charge is -2.33. The molecule has 4 rings (SSSR count). The molecule has 1 aromatic heterocycles. The molecule has 2 heterocycles. The summed E-state index contributed by atoms with van der Waals surface area (Å²) in [7, 11) is 0. The fourth-order valence-corrected chi connectivity index (χ4v) is 4.19. The normalized spacial score (nSPS) is 16.0. The van der Waals surface area contributed by atoms with Crippen molar-refractivity contribution in [2.45, 2.75) is 52.1 Å². The van der Waals surface area contributed by atoms with Crippen LogP contribution < -0.4 is 0 Å². The zero-order valence-corrected chi connectivity index (χ0v) is 18.4. The van der Waals surface area contributed by atoms with E-state index in [0.29, 0.717) is 23.8 Å². The highest BCUT2D eigenvalue weighted by atomic mass is 35.5. The van der Waals surface area contributed by atoms with E-state index in [2.05, 4.69) is 38.1 Å². The molecule has 0 saturated heterocycles. The lowest BCUT2D eigenvalue weighted by molar-refractivity contribution is 0.0634. The van der Waals surface area contributed by atoms with Crippen molar-refractivity contribution in [2.24, 2.45) is 0 Å². The Hall–Kier alpha value is -2.59. The molecule has 0 bridgehead atoms. The Bertz CT molecular complexity index is 1010. The van der Waals surface area contributed by atoms with Gasteiger partial charge < -0.3 is 4.90 Å². The first-order valence-corrected chi connectivity index (χ1v) is 11.1. The van der Waals surface area contributed by atoms with Crippen LogP contribution in [0, 0.1) is 6.92 Å². The number of unbranched alkanes of at least 4 members (excludes halogenated alkanes) is 2. The van der Waals surface area contributed by atoms with Gasteiger partial charge in [0, 0.05) is 23.7 Å². The lowest BCUT2D eigenvalue weighted by Crippen LogP contribution is -2.42. The van der Waals surface area contributed by atoms with Gasteiger partial charge in [0.2, 0.25) is 0 Å². The van der Waals surface area contributed by atoms with Gasteiger partial charge in [0.25, 0.3) is 5.91 Å². The molecule has 1 atom stereocenters. The van der Waals surface area contributed by atoms with E-state index in [0.717, 1.165) is 29.7 Å². The van der Waals surface area contributed by atoms with Crippen LogP contribution >= 0.6 is 11.6 Å². The minimum atomic E-state index is 0.0510. The molecule has 0 spiro atoms. The maximum absolute atomic E-state index is 13.3. The number of amides is 1. The molecule has 0 saturated carbocycles. The number of fused-ring (bicyclic) bond motifs is 1. The number of hydrogen-bond donors (Lipinski definition) is 0. The van der Waals surface area contributed by atoms with Crippen molar-refractivity contribution in [3.8, 4) is 11.3 Å². The molecular formula is C25H28ClN3O. The molecule has 30 heavy (non-hydrogen) atoms. The summed E-state index contributed by atoms with van der Waals surface area (Å²) >= 11 is 6.04. The minimum absolute atomic E-state index is 0.0510. The van der Waals surface area contributed by atoms with Crippen LogP contribution in [0.25, 0.3) is 11.3 Å². The van der Waals surface area contributed by atoms with Crippen molar-refractivity contribution in [3.05, 3.63) is 76.4 Å². The standard InChI is InChI=1S/C25H28ClN3O/c1-3-4-5-6-22-17-28(16-19-9-7-18(2)8-10-19)25(30)24-15-23(27-29(22)24)20-11-13-21(26)14-12-20/h7-15,22H,3-6,16-17H2,1-2H3. The van der Waals surface area contributed by atoms with E-state index in [1.54, 1.807) is 0 Å². The number of carbonyl (C=O) groups excluding carboxylic acids is 1. The summed E-state index contributed by atoms with van der Waals surface area (Å²) in [4.78, 5) is 15.3. The highest BCUT2D eigenvalue weighted by Crippen LogP contribution is 2.30. The van der Waals surface area contributed by atoms with Crippen molar-refractivity contribution in [1.82, 2.24) is 14.7 Å².